The molecule has 2 rings (SSSR count). The van der Waals surface area contributed by atoms with Crippen molar-refractivity contribution in [1.82, 2.24) is 4.98 Å². The second-order valence-corrected chi connectivity index (χ2v) is 4.89. The van der Waals surface area contributed by atoms with Gasteiger partial charge in [0.1, 0.15) is 0 Å². The molecule has 1 unspecified atom stereocenters. The van der Waals surface area contributed by atoms with Crippen molar-refractivity contribution in [1.29, 1.82) is 0 Å². The third-order valence-electron chi connectivity index (χ3n) is 2.68. The van der Waals surface area contributed by atoms with Crippen molar-refractivity contribution >= 4 is 17.0 Å². The second-order valence-electron chi connectivity index (χ2n) is 3.91. The van der Waals surface area contributed by atoms with Gasteiger partial charge in [-0.15, -0.1) is 11.3 Å². The van der Waals surface area contributed by atoms with Crippen LogP contribution in [0.3, 0.4) is 0 Å². The van der Waals surface area contributed by atoms with Crippen LogP contribution in [-0.2, 0) is 0 Å². The summed E-state index contributed by atoms with van der Waals surface area (Å²) in [5.41, 5.74) is 0.958. The second kappa shape index (κ2) is 6.40. The summed E-state index contributed by atoms with van der Waals surface area (Å²) in [6.45, 7) is 4.77. The zero-order valence-electron chi connectivity index (χ0n) is 10.7. The Balaban J connectivity index is 2.17. The highest BCUT2D eigenvalue weighted by Gasteiger charge is 2.13. The van der Waals surface area contributed by atoms with Gasteiger partial charge in [-0.1, -0.05) is 13.0 Å². The quantitative estimate of drug-likeness (QED) is 0.851. The maximum Gasteiger partial charge on any atom is 0.237 e. The number of ether oxygens (including phenoxy) is 1. The molecule has 2 aromatic rings. The Morgan fingerprint density at radius 1 is 1.33 bits per heavy atom. The van der Waals surface area contributed by atoms with E-state index in [4.69, 9.17) is 4.74 Å². The van der Waals surface area contributed by atoms with Gasteiger partial charge in [-0.3, -0.25) is 0 Å². The number of nitrogens with zero attached hydrogens (tertiary/aromatic N) is 1. The first-order valence-corrected chi connectivity index (χ1v) is 7.10. The molecule has 0 amide bonds. The van der Waals surface area contributed by atoms with Crippen LogP contribution in [0.1, 0.15) is 31.2 Å². The Labute approximate surface area is 112 Å². The molecule has 0 aromatic carbocycles. The van der Waals surface area contributed by atoms with Gasteiger partial charge in [0.15, 0.2) is 0 Å². The van der Waals surface area contributed by atoms with E-state index in [0.717, 1.165) is 12.1 Å². The van der Waals surface area contributed by atoms with Crippen LogP contribution in [0.15, 0.2) is 35.8 Å². The fourth-order valence-corrected chi connectivity index (χ4v) is 2.67. The Hall–Kier alpha value is -1.55. The largest absolute Gasteiger partial charge is 0.476 e. The van der Waals surface area contributed by atoms with Gasteiger partial charge < -0.3 is 10.1 Å². The fourth-order valence-electron chi connectivity index (χ4n) is 1.80. The van der Waals surface area contributed by atoms with Crippen LogP contribution in [0.25, 0.3) is 0 Å². The lowest BCUT2D eigenvalue weighted by atomic mass is 10.2. The van der Waals surface area contributed by atoms with Gasteiger partial charge in [0.05, 0.1) is 18.3 Å². The highest BCUT2D eigenvalue weighted by Crippen LogP contribution is 2.29. The number of aromatic nitrogens is 1. The monoisotopic (exact) mass is 262 g/mol. The van der Waals surface area contributed by atoms with Crippen molar-refractivity contribution in [2.75, 3.05) is 11.9 Å². The van der Waals surface area contributed by atoms with Crippen molar-refractivity contribution in [3.8, 4) is 5.88 Å². The van der Waals surface area contributed by atoms with Crippen LogP contribution in [-0.4, -0.2) is 11.6 Å². The average molecular weight is 262 g/mol. The van der Waals surface area contributed by atoms with Crippen LogP contribution in [0.2, 0.25) is 0 Å². The normalized spacial score (nSPS) is 12.1. The first-order valence-electron chi connectivity index (χ1n) is 6.22. The van der Waals surface area contributed by atoms with Gasteiger partial charge in [-0.2, -0.15) is 0 Å². The number of hydrogen-bond donors (Lipinski definition) is 1. The molecule has 3 nitrogen and oxygen atoms in total. The summed E-state index contributed by atoms with van der Waals surface area (Å²) < 4.78 is 5.53. The van der Waals surface area contributed by atoms with Crippen molar-refractivity contribution in [3.63, 3.8) is 0 Å². The minimum absolute atomic E-state index is 0.313. The summed E-state index contributed by atoms with van der Waals surface area (Å²) >= 11 is 1.77. The van der Waals surface area contributed by atoms with Crippen molar-refractivity contribution in [3.05, 3.63) is 40.7 Å². The SMILES string of the molecule is CCOc1ncccc1NC(CC)c1cccs1. The van der Waals surface area contributed by atoms with E-state index < -0.39 is 0 Å². The summed E-state index contributed by atoms with van der Waals surface area (Å²) in [5, 5.41) is 5.61. The minimum atomic E-state index is 0.313. The number of pyridine rings is 1. The smallest absolute Gasteiger partial charge is 0.237 e. The molecular formula is C14H18N2OS. The fraction of sp³-hybridized carbons (Fsp3) is 0.357. The topological polar surface area (TPSA) is 34.1 Å². The Morgan fingerprint density at radius 2 is 2.22 bits per heavy atom. The van der Waals surface area contributed by atoms with Gasteiger partial charge in [0, 0.05) is 11.1 Å². The van der Waals surface area contributed by atoms with Gasteiger partial charge in [-0.05, 0) is 36.9 Å². The molecule has 2 heterocycles. The molecule has 0 aliphatic heterocycles. The van der Waals surface area contributed by atoms with E-state index in [-0.39, 0.29) is 0 Å². The van der Waals surface area contributed by atoms with Crippen molar-refractivity contribution in [2.45, 2.75) is 26.3 Å². The lowest BCUT2D eigenvalue weighted by molar-refractivity contribution is 0.328. The third kappa shape index (κ3) is 3.01. The third-order valence-corrected chi connectivity index (χ3v) is 3.66. The van der Waals surface area contributed by atoms with E-state index in [1.165, 1.54) is 4.88 Å². The molecule has 0 bridgehead atoms. The predicted octanol–water partition coefficient (Wildman–Crippen LogP) is 4.11. The Bertz CT molecular complexity index is 470. The first-order chi connectivity index (χ1) is 8.85. The molecule has 96 valence electrons. The molecule has 0 saturated carbocycles. The number of rotatable bonds is 6. The highest BCUT2D eigenvalue weighted by atomic mass is 32.1. The molecule has 0 aliphatic carbocycles. The van der Waals surface area contributed by atoms with E-state index in [0.29, 0.717) is 18.5 Å². The molecule has 18 heavy (non-hydrogen) atoms. The lowest BCUT2D eigenvalue weighted by Gasteiger charge is -2.18. The van der Waals surface area contributed by atoms with E-state index in [1.54, 1.807) is 17.5 Å². The van der Waals surface area contributed by atoms with Gasteiger partial charge >= 0.3 is 0 Å². The molecule has 0 radical (unpaired) electrons. The molecule has 1 atom stereocenters. The van der Waals surface area contributed by atoms with Crippen LogP contribution in [0, 0.1) is 0 Å². The Morgan fingerprint density at radius 3 is 2.89 bits per heavy atom. The maximum absolute atomic E-state index is 5.53. The summed E-state index contributed by atoms with van der Waals surface area (Å²) in [4.78, 5) is 5.59. The van der Waals surface area contributed by atoms with Gasteiger partial charge in [0.2, 0.25) is 5.88 Å². The van der Waals surface area contributed by atoms with Crippen molar-refractivity contribution in [2.24, 2.45) is 0 Å². The highest BCUT2D eigenvalue weighted by molar-refractivity contribution is 7.10. The average Bonchev–Trinajstić information content (AvgIpc) is 2.92. The van der Waals surface area contributed by atoms with Crippen LogP contribution < -0.4 is 10.1 Å². The molecule has 4 heteroatoms. The van der Waals surface area contributed by atoms with Crippen LogP contribution in [0.5, 0.6) is 5.88 Å². The zero-order valence-corrected chi connectivity index (χ0v) is 11.5. The molecule has 0 aliphatic rings. The summed E-state index contributed by atoms with van der Waals surface area (Å²) in [6, 6.07) is 8.48. The predicted molar refractivity (Wildman–Crippen MR) is 76.4 cm³/mol. The number of hydrogen-bond acceptors (Lipinski definition) is 4. The molecule has 0 spiro atoms. The minimum Gasteiger partial charge on any atom is -0.476 e. The van der Waals surface area contributed by atoms with E-state index in [1.807, 2.05) is 19.1 Å². The van der Waals surface area contributed by atoms with Gasteiger partial charge in [0.25, 0.3) is 0 Å². The summed E-state index contributed by atoms with van der Waals surface area (Å²) in [5.74, 6) is 0.676. The summed E-state index contributed by atoms with van der Waals surface area (Å²) in [6.07, 6.45) is 2.78. The number of anilines is 1. The molecule has 0 saturated heterocycles. The van der Waals surface area contributed by atoms with E-state index in [2.05, 4.69) is 34.7 Å². The first kappa shape index (κ1) is 12.9. The van der Waals surface area contributed by atoms with E-state index >= 15 is 0 Å². The van der Waals surface area contributed by atoms with Crippen LogP contribution in [0.4, 0.5) is 5.69 Å². The molecule has 2 aromatic heterocycles. The lowest BCUT2D eigenvalue weighted by Crippen LogP contribution is -2.10. The Kier molecular flexibility index (Phi) is 4.59. The van der Waals surface area contributed by atoms with Gasteiger partial charge in [-0.25, -0.2) is 4.98 Å². The number of thiophene rings is 1. The van der Waals surface area contributed by atoms with E-state index in [9.17, 15) is 0 Å². The van der Waals surface area contributed by atoms with Crippen molar-refractivity contribution < 1.29 is 4.74 Å². The molecule has 0 fully saturated rings. The molecular weight excluding hydrogens is 244 g/mol. The standard InChI is InChI=1S/C14H18N2OS/c1-3-11(13-8-6-10-18-13)16-12-7-5-9-15-14(12)17-4-2/h5-11,16H,3-4H2,1-2H3. The molecule has 1 N–H and O–H groups in total. The summed E-state index contributed by atoms with van der Waals surface area (Å²) in [7, 11) is 0. The number of nitrogens with one attached hydrogen (secondary N) is 1. The van der Waals surface area contributed by atoms with Crippen LogP contribution >= 0.6 is 11.3 Å². The maximum atomic E-state index is 5.53. The zero-order chi connectivity index (χ0) is 12.8.